The van der Waals surface area contributed by atoms with Gasteiger partial charge in [-0.1, -0.05) is 30.3 Å². The molecule has 1 aromatic carbocycles. The number of hydrogen-bond acceptors (Lipinski definition) is 5. The Morgan fingerprint density at radius 1 is 1.19 bits per heavy atom. The van der Waals surface area contributed by atoms with Crippen molar-refractivity contribution in [2.75, 3.05) is 32.9 Å². The molecule has 1 amide bonds. The van der Waals surface area contributed by atoms with Crippen molar-refractivity contribution in [3.05, 3.63) is 47.0 Å². The number of fused-ring (bicyclic) bond motifs is 1. The third kappa shape index (κ3) is 3.51. The van der Waals surface area contributed by atoms with E-state index in [0.717, 1.165) is 41.6 Å². The molecule has 0 bridgehead atoms. The Bertz CT molecular complexity index is 884. The van der Waals surface area contributed by atoms with E-state index >= 15 is 0 Å². The van der Waals surface area contributed by atoms with Crippen LogP contribution in [0.5, 0.6) is 5.88 Å². The summed E-state index contributed by atoms with van der Waals surface area (Å²) in [5, 5.41) is 9.68. The minimum atomic E-state index is -0.116. The second-order valence-electron chi connectivity index (χ2n) is 6.71. The summed E-state index contributed by atoms with van der Waals surface area (Å²) >= 11 is 0. The van der Waals surface area contributed by atoms with Gasteiger partial charge >= 0.3 is 0 Å². The van der Waals surface area contributed by atoms with E-state index in [-0.39, 0.29) is 18.4 Å². The SMILES string of the molecule is N#Cc1c(OCC(=O)N2CCOCC2)nc(-c2ccccc2)c2c1CCC2. The van der Waals surface area contributed by atoms with Crippen LogP contribution in [-0.2, 0) is 22.4 Å². The molecular formula is C21H21N3O3. The van der Waals surface area contributed by atoms with Gasteiger partial charge in [-0.25, -0.2) is 4.98 Å². The number of amides is 1. The maximum absolute atomic E-state index is 12.4. The monoisotopic (exact) mass is 363 g/mol. The molecule has 138 valence electrons. The van der Waals surface area contributed by atoms with Gasteiger partial charge < -0.3 is 14.4 Å². The van der Waals surface area contributed by atoms with Gasteiger partial charge in [-0.2, -0.15) is 5.26 Å². The van der Waals surface area contributed by atoms with E-state index in [0.29, 0.717) is 31.9 Å². The highest BCUT2D eigenvalue weighted by Crippen LogP contribution is 2.36. The summed E-state index contributed by atoms with van der Waals surface area (Å²) in [4.78, 5) is 18.8. The van der Waals surface area contributed by atoms with Gasteiger partial charge in [0.1, 0.15) is 11.6 Å². The van der Waals surface area contributed by atoms with Gasteiger partial charge in [-0.05, 0) is 30.4 Å². The van der Waals surface area contributed by atoms with Crippen LogP contribution in [0.1, 0.15) is 23.1 Å². The number of rotatable bonds is 4. The molecular weight excluding hydrogens is 342 g/mol. The van der Waals surface area contributed by atoms with Crippen LogP contribution in [0.2, 0.25) is 0 Å². The van der Waals surface area contributed by atoms with Crippen LogP contribution in [0, 0.1) is 11.3 Å². The van der Waals surface area contributed by atoms with Crippen LogP contribution < -0.4 is 4.74 Å². The lowest BCUT2D eigenvalue weighted by molar-refractivity contribution is -0.137. The number of ether oxygens (including phenoxy) is 2. The lowest BCUT2D eigenvalue weighted by Crippen LogP contribution is -2.43. The first kappa shape index (κ1) is 17.5. The Hall–Kier alpha value is -2.91. The second-order valence-corrected chi connectivity index (χ2v) is 6.71. The Morgan fingerprint density at radius 3 is 2.67 bits per heavy atom. The first-order chi connectivity index (χ1) is 13.3. The number of aromatic nitrogens is 1. The predicted octanol–water partition coefficient (Wildman–Crippen LogP) is 2.35. The molecule has 2 aliphatic rings. The van der Waals surface area contributed by atoms with E-state index in [9.17, 15) is 10.1 Å². The molecule has 0 spiro atoms. The molecule has 27 heavy (non-hydrogen) atoms. The first-order valence-corrected chi connectivity index (χ1v) is 9.27. The largest absolute Gasteiger partial charge is 0.467 e. The summed E-state index contributed by atoms with van der Waals surface area (Å²) in [5.41, 5.74) is 4.47. The Balaban J connectivity index is 1.64. The van der Waals surface area contributed by atoms with E-state index in [4.69, 9.17) is 9.47 Å². The topological polar surface area (TPSA) is 75.5 Å². The lowest BCUT2D eigenvalue weighted by Gasteiger charge is -2.26. The van der Waals surface area contributed by atoms with Crippen molar-refractivity contribution in [3.63, 3.8) is 0 Å². The van der Waals surface area contributed by atoms with E-state index in [1.54, 1.807) is 4.90 Å². The van der Waals surface area contributed by atoms with Gasteiger partial charge in [0.2, 0.25) is 5.88 Å². The van der Waals surface area contributed by atoms with Crippen LogP contribution >= 0.6 is 0 Å². The van der Waals surface area contributed by atoms with E-state index < -0.39 is 0 Å². The molecule has 0 saturated carbocycles. The molecule has 0 unspecified atom stereocenters. The fourth-order valence-electron chi connectivity index (χ4n) is 3.72. The van der Waals surface area contributed by atoms with Gasteiger partial charge in [-0.3, -0.25) is 4.79 Å². The molecule has 1 aromatic heterocycles. The number of benzene rings is 1. The summed E-state index contributed by atoms with van der Waals surface area (Å²) < 4.78 is 11.0. The smallest absolute Gasteiger partial charge is 0.260 e. The van der Waals surface area contributed by atoms with Crippen LogP contribution in [0.4, 0.5) is 0 Å². The highest BCUT2D eigenvalue weighted by molar-refractivity contribution is 5.78. The predicted molar refractivity (Wildman–Crippen MR) is 99.3 cm³/mol. The zero-order valence-corrected chi connectivity index (χ0v) is 15.1. The molecule has 6 heteroatoms. The Labute approximate surface area is 158 Å². The van der Waals surface area contributed by atoms with E-state index in [1.807, 2.05) is 30.3 Å². The highest BCUT2D eigenvalue weighted by atomic mass is 16.5. The van der Waals surface area contributed by atoms with Crippen molar-refractivity contribution in [2.45, 2.75) is 19.3 Å². The van der Waals surface area contributed by atoms with Gasteiger partial charge in [0.25, 0.3) is 5.91 Å². The van der Waals surface area contributed by atoms with Crippen LogP contribution in [0.3, 0.4) is 0 Å². The summed E-state index contributed by atoms with van der Waals surface area (Å²) in [6, 6.07) is 12.2. The Kier molecular flexibility index (Phi) is 5.03. The lowest BCUT2D eigenvalue weighted by atomic mass is 9.99. The van der Waals surface area contributed by atoms with Gasteiger partial charge in [0.15, 0.2) is 6.61 Å². The van der Waals surface area contributed by atoms with Gasteiger partial charge in [-0.15, -0.1) is 0 Å². The molecule has 2 aromatic rings. The maximum atomic E-state index is 12.4. The van der Waals surface area contributed by atoms with E-state index in [1.165, 1.54) is 0 Å². The number of carbonyl (C=O) groups is 1. The molecule has 2 heterocycles. The first-order valence-electron chi connectivity index (χ1n) is 9.27. The zero-order valence-electron chi connectivity index (χ0n) is 15.1. The molecule has 1 aliphatic carbocycles. The van der Waals surface area contributed by atoms with Crippen LogP contribution in [-0.4, -0.2) is 48.7 Å². The van der Waals surface area contributed by atoms with E-state index in [2.05, 4.69) is 11.1 Å². The Morgan fingerprint density at radius 2 is 1.93 bits per heavy atom. The minimum Gasteiger partial charge on any atom is -0.467 e. The average Bonchev–Trinajstić information content (AvgIpc) is 3.22. The molecule has 0 radical (unpaired) electrons. The molecule has 0 N–H and O–H groups in total. The minimum absolute atomic E-state index is 0.106. The van der Waals surface area contributed by atoms with Crippen molar-refractivity contribution in [3.8, 4) is 23.2 Å². The van der Waals surface area contributed by atoms with Gasteiger partial charge in [0, 0.05) is 18.7 Å². The summed E-state index contributed by atoms with van der Waals surface area (Å²) in [6.45, 7) is 2.12. The maximum Gasteiger partial charge on any atom is 0.260 e. The molecule has 4 rings (SSSR count). The number of carbonyl (C=O) groups excluding carboxylic acids is 1. The number of nitriles is 1. The van der Waals surface area contributed by atoms with Crippen LogP contribution in [0.15, 0.2) is 30.3 Å². The number of morpholine rings is 1. The number of hydrogen-bond donors (Lipinski definition) is 0. The summed E-state index contributed by atoms with van der Waals surface area (Å²) in [5.74, 6) is 0.157. The third-order valence-electron chi connectivity index (χ3n) is 5.09. The van der Waals surface area contributed by atoms with Crippen molar-refractivity contribution < 1.29 is 14.3 Å². The van der Waals surface area contributed by atoms with Crippen LogP contribution in [0.25, 0.3) is 11.3 Å². The molecule has 6 nitrogen and oxygen atoms in total. The molecule has 1 saturated heterocycles. The normalized spacial score (nSPS) is 15.9. The number of nitrogens with zero attached hydrogens (tertiary/aromatic N) is 3. The highest BCUT2D eigenvalue weighted by Gasteiger charge is 2.26. The summed E-state index contributed by atoms with van der Waals surface area (Å²) in [7, 11) is 0. The molecule has 1 aliphatic heterocycles. The third-order valence-corrected chi connectivity index (χ3v) is 5.09. The van der Waals surface area contributed by atoms with Crippen molar-refractivity contribution >= 4 is 5.91 Å². The quantitative estimate of drug-likeness (QED) is 0.833. The second kappa shape index (κ2) is 7.77. The average molecular weight is 363 g/mol. The number of pyridine rings is 1. The molecule has 1 fully saturated rings. The van der Waals surface area contributed by atoms with Crippen molar-refractivity contribution in [1.29, 1.82) is 5.26 Å². The fourth-order valence-corrected chi connectivity index (χ4v) is 3.72. The summed E-state index contributed by atoms with van der Waals surface area (Å²) in [6.07, 6.45) is 2.75. The zero-order chi connectivity index (χ0) is 18.6. The molecule has 0 atom stereocenters. The fraction of sp³-hybridized carbons (Fsp3) is 0.381. The standard InChI is InChI=1S/C21H21N3O3/c22-13-18-16-7-4-8-17(16)20(15-5-2-1-3-6-15)23-21(18)27-14-19(25)24-9-11-26-12-10-24/h1-3,5-6H,4,7-12,14H2. The van der Waals surface area contributed by atoms with Crippen molar-refractivity contribution in [2.24, 2.45) is 0 Å². The van der Waals surface area contributed by atoms with Gasteiger partial charge in [0.05, 0.1) is 18.9 Å². The van der Waals surface area contributed by atoms with Crippen molar-refractivity contribution in [1.82, 2.24) is 9.88 Å².